The average Bonchev–Trinajstić information content (AvgIpc) is 2.90. The molecule has 2 N–H and O–H groups in total. The van der Waals surface area contributed by atoms with Crippen LogP contribution >= 0.6 is 0 Å². The SMILES string of the molecule is CNc1nc(Nc2cnn(C3CC(OC(F)F)C3)c2C)ncc1C(F)(F)F. The summed E-state index contributed by atoms with van der Waals surface area (Å²) in [6.45, 7) is -1.05. The summed E-state index contributed by atoms with van der Waals surface area (Å²) in [5, 5.41) is 9.43. The van der Waals surface area contributed by atoms with Gasteiger partial charge in [-0.1, -0.05) is 0 Å². The summed E-state index contributed by atoms with van der Waals surface area (Å²) in [5.74, 6) is -0.376. The second-order valence-electron chi connectivity index (χ2n) is 6.06. The highest BCUT2D eigenvalue weighted by atomic mass is 19.4. The molecule has 1 aliphatic rings. The van der Waals surface area contributed by atoms with Crippen molar-refractivity contribution in [1.82, 2.24) is 19.7 Å². The number of nitrogens with one attached hydrogen (secondary N) is 2. The molecule has 0 aliphatic heterocycles. The Morgan fingerprint density at radius 3 is 2.56 bits per heavy atom. The van der Waals surface area contributed by atoms with Crippen LogP contribution in [0.5, 0.6) is 0 Å². The number of aromatic nitrogens is 4. The predicted molar refractivity (Wildman–Crippen MR) is 86.0 cm³/mol. The average molecular weight is 392 g/mol. The van der Waals surface area contributed by atoms with Crippen LogP contribution in [0.1, 0.15) is 30.1 Å². The fraction of sp³-hybridized carbons (Fsp3) is 0.533. The fourth-order valence-electron chi connectivity index (χ4n) is 2.87. The molecule has 0 aromatic carbocycles. The van der Waals surface area contributed by atoms with Crippen LogP contribution in [0.4, 0.5) is 39.4 Å². The Balaban J connectivity index is 1.71. The van der Waals surface area contributed by atoms with Crippen LogP contribution in [0.2, 0.25) is 0 Å². The number of halogens is 5. The number of rotatable bonds is 6. The highest BCUT2D eigenvalue weighted by Crippen LogP contribution is 2.37. The van der Waals surface area contributed by atoms with Crippen LogP contribution in [0.3, 0.4) is 0 Å². The normalized spacial score (nSPS) is 19.9. The van der Waals surface area contributed by atoms with E-state index in [-0.39, 0.29) is 17.8 Å². The van der Waals surface area contributed by atoms with E-state index >= 15 is 0 Å². The van der Waals surface area contributed by atoms with Gasteiger partial charge in [0.25, 0.3) is 0 Å². The minimum Gasteiger partial charge on any atom is -0.372 e. The summed E-state index contributed by atoms with van der Waals surface area (Å²) in [4.78, 5) is 7.53. The number of nitrogens with zero attached hydrogens (tertiary/aromatic N) is 4. The third-order valence-corrected chi connectivity index (χ3v) is 4.33. The molecule has 0 amide bonds. The zero-order valence-electron chi connectivity index (χ0n) is 14.4. The third-order valence-electron chi connectivity index (χ3n) is 4.33. The summed E-state index contributed by atoms with van der Waals surface area (Å²) >= 11 is 0. The van der Waals surface area contributed by atoms with Gasteiger partial charge in [0.15, 0.2) is 0 Å². The standard InChI is InChI=1S/C15H17F5N6O/c1-7-11(6-23-26(7)8-3-9(4-8)27-13(16)17)24-14-22-5-10(15(18,19)20)12(21-2)25-14/h5-6,8-9,13H,3-4H2,1-2H3,(H2,21,22,24,25). The fourth-order valence-corrected chi connectivity index (χ4v) is 2.87. The number of ether oxygens (including phenoxy) is 1. The maximum absolute atomic E-state index is 12.9. The van der Waals surface area contributed by atoms with Crippen molar-refractivity contribution in [3.63, 3.8) is 0 Å². The van der Waals surface area contributed by atoms with Gasteiger partial charge >= 0.3 is 12.8 Å². The molecule has 0 atom stereocenters. The van der Waals surface area contributed by atoms with E-state index in [1.54, 1.807) is 11.6 Å². The number of anilines is 3. The summed E-state index contributed by atoms with van der Waals surface area (Å²) in [6.07, 6.45) is -2.08. The quantitative estimate of drug-likeness (QED) is 0.730. The smallest absolute Gasteiger partial charge is 0.372 e. The molecule has 27 heavy (non-hydrogen) atoms. The van der Waals surface area contributed by atoms with Gasteiger partial charge in [0.1, 0.15) is 11.4 Å². The van der Waals surface area contributed by atoms with Crippen molar-refractivity contribution in [3.05, 3.63) is 23.7 Å². The van der Waals surface area contributed by atoms with Crippen molar-refractivity contribution in [2.75, 3.05) is 17.7 Å². The van der Waals surface area contributed by atoms with Gasteiger partial charge in [-0.15, -0.1) is 0 Å². The highest BCUT2D eigenvalue weighted by molar-refractivity contribution is 5.58. The third kappa shape index (κ3) is 4.10. The summed E-state index contributed by atoms with van der Waals surface area (Å²) in [6, 6.07) is -0.0781. The maximum atomic E-state index is 12.9. The lowest BCUT2D eigenvalue weighted by Gasteiger charge is -2.35. The molecule has 7 nitrogen and oxygen atoms in total. The predicted octanol–water partition coefficient (Wildman–Crippen LogP) is 3.73. The van der Waals surface area contributed by atoms with Crippen molar-refractivity contribution in [2.24, 2.45) is 0 Å². The second kappa shape index (κ2) is 7.25. The molecular weight excluding hydrogens is 375 g/mol. The topological polar surface area (TPSA) is 76.9 Å². The van der Waals surface area contributed by atoms with Crippen LogP contribution in [0, 0.1) is 6.92 Å². The van der Waals surface area contributed by atoms with Crippen molar-refractivity contribution < 1.29 is 26.7 Å². The Hall–Kier alpha value is -2.50. The zero-order chi connectivity index (χ0) is 19.8. The molecule has 2 aromatic rings. The Morgan fingerprint density at radius 1 is 1.26 bits per heavy atom. The van der Waals surface area contributed by atoms with Gasteiger partial charge in [-0.2, -0.15) is 32.0 Å². The van der Waals surface area contributed by atoms with Crippen molar-refractivity contribution in [2.45, 2.75) is 44.7 Å². The largest absolute Gasteiger partial charge is 0.421 e. The molecular formula is C15H17F5N6O. The van der Waals surface area contributed by atoms with Gasteiger partial charge < -0.3 is 15.4 Å². The first-order valence-corrected chi connectivity index (χ1v) is 8.05. The minimum atomic E-state index is -4.57. The Labute approximate surface area is 150 Å². The monoisotopic (exact) mass is 392 g/mol. The van der Waals surface area contributed by atoms with Crippen LogP contribution in [-0.2, 0) is 10.9 Å². The van der Waals surface area contributed by atoms with E-state index < -0.39 is 24.5 Å². The number of alkyl halides is 5. The lowest BCUT2D eigenvalue weighted by molar-refractivity contribution is -0.189. The first kappa shape index (κ1) is 19.3. The summed E-state index contributed by atoms with van der Waals surface area (Å²) < 4.78 is 69.1. The van der Waals surface area contributed by atoms with E-state index in [2.05, 4.69) is 30.4 Å². The van der Waals surface area contributed by atoms with E-state index in [1.807, 2.05) is 0 Å². The summed E-state index contributed by atoms with van der Waals surface area (Å²) in [7, 11) is 1.33. The number of hydrogen-bond acceptors (Lipinski definition) is 6. The van der Waals surface area contributed by atoms with Crippen LogP contribution in [0.15, 0.2) is 12.4 Å². The van der Waals surface area contributed by atoms with E-state index in [0.717, 1.165) is 0 Å². The lowest BCUT2D eigenvalue weighted by Crippen LogP contribution is -2.35. The van der Waals surface area contributed by atoms with Gasteiger partial charge in [-0.05, 0) is 19.8 Å². The molecule has 148 valence electrons. The van der Waals surface area contributed by atoms with E-state index in [1.165, 1.54) is 13.2 Å². The molecule has 0 unspecified atom stereocenters. The maximum Gasteiger partial charge on any atom is 0.421 e. The second-order valence-corrected chi connectivity index (χ2v) is 6.06. The molecule has 0 bridgehead atoms. The highest BCUT2D eigenvalue weighted by Gasteiger charge is 2.36. The molecule has 3 rings (SSSR count). The van der Waals surface area contributed by atoms with Gasteiger partial charge in [0.2, 0.25) is 5.95 Å². The lowest BCUT2D eigenvalue weighted by atomic mass is 9.89. The molecule has 2 aromatic heterocycles. The van der Waals surface area contributed by atoms with Crippen molar-refractivity contribution >= 4 is 17.5 Å². The van der Waals surface area contributed by atoms with E-state index in [0.29, 0.717) is 30.4 Å². The van der Waals surface area contributed by atoms with Gasteiger partial charge in [0, 0.05) is 13.2 Å². The minimum absolute atomic E-state index is 0.0254. The van der Waals surface area contributed by atoms with Crippen molar-refractivity contribution in [3.8, 4) is 0 Å². The molecule has 12 heteroatoms. The van der Waals surface area contributed by atoms with Crippen LogP contribution in [0.25, 0.3) is 0 Å². The molecule has 0 radical (unpaired) electrons. The molecule has 1 fully saturated rings. The first-order chi connectivity index (χ1) is 12.7. The number of hydrogen-bond donors (Lipinski definition) is 2. The molecule has 0 spiro atoms. The van der Waals surface area contributed by atoms with E-state index in [4.69, 9.17) is 0 Å². The summed E-state index contributed by atoms with van der Waals surface area (Å²) in [5.41, 5.74) is 0.225. The van der Waals surface area contributed by atoms with Gasteiger partial charge in [-0.3, -0.25) is 4.68 Å². The Morgan fingerprint density at radius 2 is 1.96 bits per heavy atom. The van der Waals surface area contributed by atoms with Crippen molar-refractivity contribution in [1.29, 1.82) is 0 Å². The molecule has 0 saturated heterocycles. The Kier molecular flexibility index (Phi) is 5.18. The Bertz CT molecular complexity index is 802. The first-order valence-electron chi connectivity index (χ1n) is 8.05. The van der Waals surface area contributed by atoms with Crippen LogP contribution in [-0.4, -0.2) is 39.5 Å². The van der Waals surface area contributed by atoms with Gasteiger partial charge in [0.05, 0.1) is 29.7 Å². The molecule has 1 aliphatic carbocycles. The zero-order valence-corrected chi connectivity index (χ0v) is 14.4. The molecule has 2 heterocycles. The van der Waals surface area contributed by atoms with Crippen LogP contribution < -0.4 is 10.6 Å². The molecule has 1 saturated carbocycles. The van der Waals surface area contributed by atoms with E-state index in [9.17, 15) is 22.0 Å². The van der Waals surface area contributed by atoms with Gasteiger partial charge in [-0.25, -0.2) is 4.98 Å².